The van der Waals surface area contributed by atoms with Crippen LogP contribution < -0.4 is 0 Å². The summed E-state index contributed by atoms with van der Waals surface area (Å²) in [6.45, 7) is 0. The van der Waals surface area contributed by atoms with Gasteiger partial charge in [-0.05, 0) is 60.7 Å². The highest BCUT2D eigenvalue weighted by atomic mass is 16.3. The van der Waals surface area contributed by atoms with Gasteiger partial charge in [-0.25, -0.2) is 0 Å². The molecule has 41 heavy (non-hydrogen) atoms. The second kappa shape index (κ2) is 8.11. The quantitative estimate of drug-likeness (QED) is 0.226. The molecule has 0 saturated carbocycles. The molecule has 3 aromatic heterocycles. The van der Waals surface area contributed by atoms with E-state index in [0.717, 1.165) is 38.8 Å². The molecule has 0 spiro atoms. The van der Waals surface area contributed by atoms with Crippen molar-refractivity contribution in [3.63, 3.8) is 0 Å². The third-order valence-electron chi connectivity index (χ3n) is 8.35. The summed E-state index contributed by atoms with van der Waals surface area (Å²) in [5, 5.41) is 16.5. The van der Waals surface area contributed by atoms with Crippen LogP contribution in [0.4, 0.5) is 0 Å². The fraction of sp³-hybridized carbons (Fsp3) is 0. The molecule has 0 radical (unpaired) electrons. The first-order valence-corrected chi connectivity index (χ1v) is 13.7. The van der Waals surface area contributed by atoms with Crippen molar-refractivity contribution in [3.8, 4) is 17.4 Å². The number of rotatable bonds is 2. The number of nitrogens with zero attached hydrogens (tertiary/aromatic N) is 3. The minimum absolute atomic E-state index is 0.551. The Labute approximate surface area is 234 Å². The lowest BCUT2D eigenvalue weighted by atomic mass is 10.1. The Bertz CT molecular complexity index is 2500. The van der Waals surface area contributed by atoms with Crippen LogP contribution in [-0.4, -0.2) is 9.13 Å². The molecular weight excluding hydrogens is 502 g/mol. The molecule has 0 aliphatic carbocycles. The summed E-state index contributed by atoms with van der Waals surface area (Å²) in [6.07, 6.45) is 0. The molecule has 6 aromatic carbocycles. The van der Waals surface area contributed by atoms with Gasteiger partial charge in [-0.3, -0.25) is 0 Å². The molecule has 0 N–H and O–H groups in total. The van der Waals surface area contributed by atoms with Gasteiger partial charge in [0.2, 0.25) is 0 Å². The molecule has 0 atom stereocenters. The van der Waals surface area contributed by atoms with Crippen LogP contribution in [0.3, 0.4) is 0 Å². The average Bonchev–Trinajstić information content (AvgIpc) is 3.68. The molecule has 4 heteroatoms. The predicted octanol–water partition coefficient (Wildman–Crippen LogP) is 9.65. The topological polar surface area (TPSA) is 46.8 Å². The Balaban J connectivity index is 1.33. The summed E-state index contributed by atoms with van der Waals surface area (Å²) < 4.78 is 10.8. The van der Waals surface area contributed by atoms with Gasteiger partial charge in [-0.15, -0.1) is 0 Å². The van der Waals surface area contributed by atoms with Gasteiger partial charge in [0, 0.05) is 43.7 Å². The average molecular weight is 524 g/mol. The lowest BCUT2D eigenvalue weighted by molar-refractivity contribution is 0.667. The highest BCUT2D eigenvalue weighted by molar-refractivity contribution is 6.13. The fourth-order valence-corrected chi connectivity index (χ4v) is 6.59. The van der Waals surface area contributed by atoms with Crippen molar-refractivity contribution in [2.45, 2.75) is 0 Å². The summed E-state index contributed by atoms with van der Waals surface area (Å²) in [7, 11) is 0. The van der Waals surface area contributed by atoms with E-state index < -0.39 is 0 Å². The summed E-state index contributed by atoms with van der Waals surface area (Å²) >= 11 is 0. The van der Waals surface area contributed by atoms with Crippen LogP contribution in [0.2, 0.25) is 0 Å². The zero-order chi connectivity index (χ0) is 27.1. The Morgan fingerprint density at radius 1 is 0.463 bits per heavy atom. The molecule has 4 nitrogen and oxygen atoms in total. The number of benzene rings is 6. The van der Waals surface area contributed by atoms with Gasteiger partial charge >= 0.3 is 0 Å². The zero-order valence-corrected chi connectivity index (χ0v) is 21.9. The maximum atomic E-state index is 9.59. The van der Waals surface area contributed by atoms with Crippen LogP contribution in [0, 0.1) is 11.3 Å². The first-order valence-electron chi connectivity index (χ1n) is 13.7. The first kappa shape index (κ1) is 22.1. The van der Waals surface area contributed by atoms with E-state index in [1.165, 1.54) is 32.6 Å². The molecule has 0 aliphatic heterocycles. The van der Waals surface area contributed by atoms with Gasteiger partial charge in [0.05, 0.1) is 27.6 Å². The van der Waals surface area contributed by atoms with Crippen molar-refractivity contribution < 1.29 is 4.42 Å². The van der Waals surface area contributed by atoms with Gasteiger partial charge in [0.1, 0.15) is 11.7 Å². The van der Waals surface area contributed by atoms with E-state index in [1.54, 1.807) is 6.07 Å². The van der Waals surface area contributed by atoms with Crippen LogP contribution in [0.15, 0.2) is 132 Å². The molecule has 9 aromatic rings. The lowest BCUT2D eigenvalue weighted by Gasteiger charge is -2.10. The highest BCUT2D eigenvalue weighted by Gasteiger charge is 2.17. The molecule has 0 aliphatic rings. The largest absolute Gasteiger partial charge is 0.455 e. The van der Waals surface area contributed by atoms with E-state index in [-0.39, 0.29) is 0 Å². The van der Waals surface area contributed by atoms with E-state index in [1.807, 2.05) is 18.2 Å². The Kier molecular flexibility index (Phi) is 4.37. The van der Waals surface area contributed by atoms with Crippen LogP contribution in [-0.2, 0) is 0 Å². The number of para-hydroxylation sites is 4. The Morgan fingerprint density at radius 3 is 1.61 bits per heavy atom. The van der Waals surface area contributed by atoms with Gasteiger partial charge in [-0.2, -0.15) is 5.26 Å². The Morgan fingerprint density at radius 2 is 0.976 bits per heavy atom. The number of hydrogen-bond donors (Lipinski definition) is 0. The molecule has 0 fully saturated rings. The third kappa shape index (κ3) is 2.98. The maximum absolute atomic E-state index is 9.59. The smallest absolute Gasteiger partial charge is 0.153 e. The van der Waals surface area contributed by atoms with E-state index >= 15 is 0 Å². The molecule has 190 valence electrons. The standard InChI is InChI=1S/C37H21N3O/c38-22-23-8-7-12-29-31-21-25(17-19-36(31)41-37(23)29)40-34-15-6-3-11-28(34)30-20-24(16-18-35(30)40)39-32-13-4-1-9-26(32)27-10-2-5-14-33(27)39/h1-21H. The number of fused-ring (bicyclic) bond motifs is 9. The minimum atomic E-state index is 0.551. The minimum Gasteiger partial charge on any atom is -0.455 e. The van der Waals surface area contributed by atoms with Crippen LogP contribution >= 0.6 is 0 Å². The van der Waals surface area contributed by atoms with Crippen molar-refractivity contribution in [1.29, 1.82) is 5.26 Å². The molecule has 9 rings (SSSR count). The first-order chi connectivity index (χ1) is 20.3. The van der Waals surface area contributed by atoms with Crippen molar-refractivity contribution in [2.24, 2.45) is 0 Å². The van der Waals surface area contributed by atoms with E-state index in [9.17, 15) is 5.26 Å². The van der Waals surface area contributed by atoms with Gasteiger partial charge in [0.15, 0.2) is 5.58 Å². The second-order valence-corrected chi connectivity index (χ2v) is 10.5. The second-order valence-electron chi connectivity index (χ2n) is 10.5. The molecular formula is C37H21N3O. The number of aromatic nitrogens is 2. The summed E-state index contributed by atoms with van der Waals surface area (Å²) in [4.78, 5) is 0. The van der Waals surface area contributed by atoms with Crippen molar-refractivity contribution >= 4 is 65.6 Å². The summed E-state index contributed by atoms with van der Waals surface area (Å²) in [5.41, 5.74) is 8.84. The SMILES string of the molecule is N#Cc1cccc2c1oc1ccc(-n3c4ccccc4c4cc(-n5c6ccccc6c6ccccc65)ccc43)cc12. The van der Waals surface area contributed by atoms with Crippen molar-refractivity contribution in [3.05, 3.63) is 133 Å². The van der Waals surface area contributed by atoms with Crippen LogP contribution in [0.1, 0.15) is 5.56 Å². The normalized spacial score (nSPS) is 11.9. The third-order valence-corrected chi connectivity index (χ3v) is 8.35. The lowest BCUT2D eigenvalue weighted by Crippen LogP contribution is -1.95. The van der Waals surface area contributed by atoms with Crippen molar-refractivity contribution in [2.75, 3.05) is 0 Å². The summed E-state index contributed by atoms with van der Waals surface area (Å²) in [5.74, 6) is 0. The van der Waals surface area contributed by atoms with E-state index in [2.05, 4.69) is 118 Å². The van der Waals surface area contributed by atoms with Gasteiger partial charge in [0.25, 0.3) is 0 Å². The monoisotopic (exact) mass is 523 g/mol. The van der Waals surface area contributed by atoms with Gasteiger partial charge < -0.3 is 13.6 Å². The van der Waals surface area contributed by atoms with E-state index in [4.69, 9.17) is 4.42 Å². The number of hydrogen-bond acceptors (Lipinski definition) is 2. The predicted molar refractivity (Wildman–Crippen MR) is 167 cm³/mol. The van der Waals surface area contributed by atoms with Crippen LogP contribution in [0.25, 0.3) is 76.9 Å². The number of furan rings is 1. The molecule has 3 heterocycles. The van der Waals surface area contributed by atoms with Crippen molar-refractivity contribution in [1.82, 2.24) is 9.13 Å². The van der Waals surface area contributed by atoms with E-state index in [0.29, 0.717) is 11.1 Å². The zero-order valence-electron chi connectivity index (χ0n) is 21.9. The maximum Gasteiger partial charge on any atom is 0.153 e. The highest BCUT2D eigenvalue weighted by Crippen LogP contribution is 2.38. The Hall–Kier alpha value is -5.79. The number of nitriles is 1. The molecule has 0 bridgehead atoms. The van der Waals surface area contributed by atoms with Crippen LogP contribution in [0.5, 0.6) is 0 Å². The van der Waals surface area contributed by atoms with Gasteiger partial charge in [-0.1, -0.05) is 66.7 Å². The molecule has 0 saturated heterocycles. The fourth-order valence-electron chi connectivity index (χ4n) is 6.59. The molecule has 0 amide bonds. The molecule has 0 unspecified atom stereocenters. The summed E-state index contributed by atoms with van der Waals surface area (Å²) in [6, 6.07) is 46.9.